The fourth-order valence-electron chi connectivity index (χ4n) is 3.09. The second-order valence-corrected chi connectivity index (χ2v) is 6.62. The van der Waals surface area contributed by atoms with E-state index in [0.29, 0.717) is 21.2 Å². The van der Waals surface area contributed by atoms with Gasteiger partial charge in [0.2, 0.25) is 5.96 Å². The molecule has 1 aliphatic rings. The number of thiophene rings is 1. The van der Waals surface area contributed by atoms with Crippen molar-refractivity contribution >= 4 is 44.7 Å². The average molecular weight is 378 g/mol. The Hall–Kier alpha value is -3.89. The van der Waals surface area contributed by atoms with E-state index in [2.05, 4.69) is 20.6 Å². The first-order valence-corrected chi connectivity index (χ1v) is 8.57. The van der Waals surface area contributed by atoms with Crippen LogP contribution in [0.5, 0.6) is 0 Å². The number of nitrogens with two attached hydrogens (primary N) is 2. The van der Waals surface area contributed by atoms with Gasteiger partial charge in [-0.25, -0.2) is 14.4 Å². The molecular formula is C17H11FN8S. The number of nitrogen functional groups attached to an aromatic ring is 2. The lowest BCUT2D eigenvalue weighted by atomic mass is 9.93. The predicted molar refractivity (Wildman–Crippen MR) is 101 cm³/mol. The molecule has 4 rings (SSSR count). The zero-order chi connectivity index (χ0) is 19.1. The monoisotopic (exact) mass is 378 g/mol. The number of rotatable bonds is 1. The molecule has 0 saturated carbocycles. The zero-order valence-electron chi connectivity index (χ0n) is 13.6. The summed E-state index contributed by atoms with van der Waals surface area (Å²) in [7, 11) is 0. The number of nitriles is 2. The highest BCUT2D eigenvalue weighted by Gasteiger charge is 2.31. The van der Waals surface area contributed by atoms with Crippen molar-refractivity contribution in [2.45, 2.75) is 6.04 Å². The van der Waals surface area contributed by atoms with Gasteiger partial charge in [0.1, 0.15) is 35.1 Å². The number of guanidine groups is 1. The van der Waals surface area contributed by atoms with E-state index in [0.717, 1.165) is 0 Å². The highest BCUT2D eigenvalue weighted by Crippen LogP contribution is 2.43. The summed E-state index contributed by atoms with van der Waals surface area (Å²) in [6, 6.07) is 6.01. The van der Waals surface area contributed by atoms with Crippen molar-refractivity contribution in [2.24, 2.45) is 4.99 Å². The van der Waals surface area contributed by atoms with Crippen molar-refractivity contribution in [3.8, 4) is 12.3 Å². The van der Waals surface area contributed by atoms with Crippen molar-refractivity contribution in [3.05, 3.63) is 46.1 Å². The van der Waals surface area contributed by atoms with Gasteiger partial charge < -0.3 is 16.8 Å². The lowest BCUT2D eigenvalue weighted by molar-refractivity contribution is 0.641. The van der Waals surface area contributed by atoms with Gasteiger partial charge in [-0.3, -0.25) is 5.32 Å². The molecule has 27 heavy (non-hydrogen) atoms. The third kappa shape index (κ3) is 2.47. The minimum atomic E-state index is -0.699. The smallest absolute Gasteiger partial charge is 0.211 e. The SMILES string of the molecule is N#CNC1=NC(c2ccc(F)c3sccc23)c2c(nc(N)c(C#N)c2N)N1. The molecule has 0 amide bonds. The third-order valence-electron chi connectivity index (χ3n) is 4.25. The molecule has 0 radical (unpaired) electrons. The van der Waals surface area contributed by atoms with Gasteiger partial charge in [0.25, 0.3) is 0 Å². The number of fused-ring (bicyclic) bond motifs is 2. The number of nitrogens with one attached hydrogen (secondary N) is 2. The summed E-state index contributed by atoms with van der Waals surface area (Å²) in [5.74, 6) is 0.0736. The largest absolute Gasteiger partial charge is 0.397 e. The standard InChI is InChI=1S/C17H11FN8S/c18-10-2-1-7(8-3-4-27-14(8)10)13-11-12(21)9(5-19)15(22)25-16(11)26-17(24-13)23-6-20/h1-4,13H,(H6,21,22,23,24,25,26). The first-order chi connectivity index (χ1) is 13.0. The molecule has 0 spiro atoms. The minimum Gasteiger partial charge on any atom is -0.397 e. The molecular weight excluding hydrogens is 367 g/mol. The number of hydrogen-bond donors (Lipinski definition) is 4. The molecule has 0 aliphatic carbocycles. The third-order valence-corrected chi connectivity index (χ3v) is 5.18. The zero-order valence-corrected chi connectivity index (χ0v) is 14.4. The molecule has 1 unspecified atom stereocenters. The molecule has 3 aromatic rings. The molecule has 0 fully saturated rings. The molecule has 8 nitrogen and oxygen atoms in total. The summed E-state index contributed by atoms with van der Waals surface area (Å²) in [4.78, 5) is 8.69. The second kappa shape index (κ2) is 6.12. The van der Waals surface area contributed by atoms with E-state index in [9.17, 15) is 9.65 Å². The molecule has 1 atom stereocenters. The number of pyridine rings is 1. The molecule has 0 bridgehead atoms. The van der Waals surface area contributed by atoms with Gasteiger partial charge in [-0.2, -0.15) is 10.5 Å². The Morgan fingerprint density at radius 1 is 1.26 bits per heavy atom. The molecule has 10 heteroatoms. The van der Waals surface area contributed by atoms with E-state index in [1.54, 1.807) is 23.7 Å². The van der Waals surface area contributed by atoms with Gasteiger partial charge in [-0.1, -0.05) is 6.07 Å². The summed E-state index contributed by atoms with van der Waals surface area (Å²) in [6.07, 6.45) is 1.79. The van der Waals surface area contributed by atoms with Crippen LogP contribution < -0.4 is 22.1 Å². The van der Waals surface area contributed by atoms with E-state index >= 15 is 0 Å². The highest BCUT2D eigenvalue weighted by atomic mass is 32.1. The molecule has 3 heterocycles. The van der Waals surface area contributed by atoms with Crippen molar-refractivity contribution < 1.29 is 4.39 Å². The van der Waals surface area contributed by atoms with Crippen molar-refractivity contribution in [1.82, 2.24) is 10.3 Å². The molecule has 2 aromatic heterocycles. The summed E-state index contributed by atoms with van der Waals surface area (Å²) in [5, 5.41) is 26.0. The summed E-state index contributed by atoms with van der Waals surface area (Å²) < 4.78 is 14.6. The lowest BCUT2D eigenvalue weighted by Crippen LogP contribution is -2.32. The first kappa shape index (κ1) is 16.6. The molecule has 0 saturated heterocycles. The number of hydrogen-bond acceptors (Lipinski definition) is 9. The van der Waals surface area contributed by atoms with Crippen LogP contribution in [0.15, 0.2) is 28.6 Å². The fraction of sp³-hybridized carbons (Fsp3) is 0.0588. The number of nitrogens with zero attached hydrogens (tertiary/aromatic N) is 4. The van der Waals surface area contributed by atoms with Crippen LogP contribution in [0.25, 0.3) is 10.1 Å². The Bertz CT molecular complexity index is 1200. The number of halogens is 1. The Balaban J connectivity index is 2.02. The van der Waals surface area contributed by atoms with Crippen LogP contribution in [-0.4, -0.2) is 10.9 Å². The van der Waals surface area contributed by atoms with Gasteiger partial charge >= 0.3 is 0 Å². The van der Waals surface area contributed by atoms with E-state index < -0.39 is 6.04 Å². The Labute approximate surface area is 156 Å². The Morgan fingerprint density at radius 3 is 2.81 bits per heavy atom. The Kier molecular flexibility index (Phi) is 3.76. The first-order valence-electron chi connectivity index (χ1n) is 7.69. The summed E-state index contributed by atoms with van der Waals surface area (Å²) in [6.45, 7) is 0. The normalized spacial score (nSPS) is 15.2. The lowest BCUT2D eigenvalue weighted by Gasteiger charge is -2.26. The van der Waals surface area contributed by atoms with Crippen LogP contribution in [-0.2, 0) is 0 Å². The number of anilines is 3. The number of aliphatic imine (C=N–C) groups is 1. The van der Waals surface area contributed by atoms with Crippen LogP contribution in [0.3, 0.4) is 0 Å². The van der Waals surface area contributed by atoms with Crippen molar-refractivity contribution in [2.75, 3.05) is 16.8 Å². The van der Waals surface area contributed by atoms with Gasteiger partial charge in [0.05, 0.1) is 10.4 Å². The van der Waals surface area contributed by atoms with E-state index in [1.807, 2.05) is 6.07 Å². The number of aromatic nitrogens is 1. The highest BCUT2D eigenvalue weighted by molar-refractivity contribution is 7.17. The van der Waals surface area contributed by atoms with Crippen LogP contribution in [0.1, 0.15) is 22.7 Å². The minimum absolute atomic E-state index is 0.0296. The van der Waals surface area contributed by atoms with Crippen molar-refractivity contribution in [3.63, 3.8) is 0 Å². The summed E-state index contributed by atoms with van der Waals surface area (Å²) in [5.41, 5.74) is 13.3. The van der Waals surface area contributed by atoms with Crippen LogP contribution in [0, 0.1) is 28.6 Å². The van der Waals surface area contributed by atoms with Gasteiger partial charge in [-0.05, 0) is 23.1 Å². The topological polar surface area (TPSA) is 149 Å². The molecule has 132 valence electrons. The van der Waals surface area contributed by atoms with E-state index in [4.69, 9.17) is 16.7 Å². The fourth-order valence-corrected chi connectivity index (χ4v) is 3.93. The van der Waals surface area contributed by atoms with Gasteiger partial charge in [-0.15, -0.1) is 11.3 Å². The molecule has 1 aliphatic heterocycles. The molecule has 1 aromatic carbocycles. The number of benzene rings is 1. The second-order valence-electron chi connectivity index (χ2n) is 5.70. The van der Waals surface area contributed by atoms with Gasteiger partial charge in [0.15, 0.2) is 6.19 Å². The summed E-state index contributed by atoms with van der Waals surface area (Å²) >= 11 is 1.27. The van der Waals surface area contributed by atoms with Crippen molar-refractivity contribution in [1.29, 1.82) is 10.5 Å². The maximum absolute atomic E-state index is 14.1. The maximum atomic E-state index is 14.1. The van der Waals surface area contributed by atoms with Gasteiger partial charge in [0, 0.05) is 10.9 Å². The van der Waals surface area contributed by atoms with Crippen LogP contribution in [0.2, 0.25) is 0 Å². The predicted octanol–water partition coefficient (Wildman–Crippen LogP) is 2.41. The maximum Gasteiger partial charge on any atom is 0.211 e. The van der Waals surface area contributed by atoms with Crippen LogP contribution in [0.4, 0.5) is 21.7 Å². The van der Waals surface area contributed by atoms with Crippen LogP contribution >= 0.6 is 11.3 Å². The van der Waals surface area contributed by atoms with E-state index in [-0.39, 0.29) is 34.7 Å². The van der Waals surface area contributed by atoms with E-state index in [1.165, 1.54) is 17.4 Å². The molecule has 6 N–H and O–H groups in total. The average Bonchev–Trinajstić information content (AvgIpc) is 3.12. The Morgan fingerprint density at radius 2 is 2.07 bits per heavy atom. The quantitative estimate of drug-likeness (QED) is 0.375.